The van der Waals surface area contributed by atoms with Gasteiger partial charge >= 0.3 is 0 Å². The van der Waals surface area contributed by atoms with Gasteiger partial charge in [-0.2, -0.15) is 0 Å². The Bertz CT molecular complexity index is 877. The molecule has 0 spiro atoms. The van der Waals surface area contributed by atoms with Crippen molar-refractivity contribution in [2.75, 3.05) is 19.4 Å². The van der Waals surface area contributed by atoms with Crippen LogP contribution < -0.4 is 5.32 Å². The van der Waals surface area contributed by atoms with Crippen molar-refractivity contribution in [2.24, 2.45) is 0 Å². The summed E-state index contributed by atoms with van der Waals surface area (Å²) in [5.41, 5.74) is 1.42. The van der Waals surface area contributed by atoms with Gasteiger partial charge in [-0.05, 0) is 42.0 Å². The number of carbonyl (C=O) groups is 2. The van der Waals surface area contributed by atoms with Crippen LogP contribution in [0.1, 0.15) is 15.9 Å². The number of anilines is 1. The van der Waals surface area contributed by atoms with Crippen LogP contribution in [0.4, 0.5) is 11.4 Å². The van der Waals surface area contributed by atoms with Crippen LogP contribution in [0, 0.1) is 10.1 Å². The lowest BCUT2D eigenvalue weighted by Crippen LogP contribution is -2.22. The molecule has 0 unspecified atom stereocenters. The van der Waals surface area contributed by atoms with Gasteiger partial charge in [-0.25, -0.2) is 0 Å². The number of benzene rings is 2. The number of amides is 2. The highest BCUT2D eigenvalue weighted by Crippen LogP contribution is 2.22. The third-order valence-electron chi connectivity index (χ3n) is 3.40. The quantitative estimate of drug-likeness (QED) is 0.492. The molecule has 2 aromatic carbocycles. The number of rotatable bonds is 5. The van der Waals surface area contributed by atoms with E-state index in [9.17, 15) is 19.7 Å². The van der Waals surface area contributed by atoms with Crippen LogP contribution in [0.5, 0.6) is 0 Å². The Hall–Kier alpha value is -3.19. The summed E-state index contributed by atoms with van der Waals surface area (Å²) in [6, 6.07) is 10.4. The highest BCUT2D eigenvalue weighted by Gasteiger charge is 2.13. The lowest BCUT2D eigenvalue weighted by molar-refractivity contribution is -0.384. The molecule has 8 heteroatoms. The van der Waals surface area contributed by atoms with Gasteiger partial charge in [0.05, 0.1) is 15.5 Å². The molecule has 2 amide bonds. The fourth-order valence-electron chi connectivity index (χ4n) is 2.07. The van der Waals surface area contributed by atoms with Crippen molar-refractivity contribution in [3.63, 3.8) is 0 Å². The molecule has 134 valence electrons. The molecular formula is C18H16ClN3O4. The normalized spacial score (nSPS) is 10.6. The molecule has 2 aromatic rings. The molecule has 0 aliphatic heterocycles. The molecule has 0 atom stereocenters. The average Bonchev–Trinajstić information content (AvgIpc) is 2.60. The summed E-state index contributed by atoms with van der Waals surface area (Å²) in [4.78, 5) is 35.4. The monoisotopic (exact) mass is 373 g/mol. The molecule has 1 N–H and O–H groups in total. The van der Waals surface area contributed by atoms with E-state index in [2.05, 4.69) is 5.32 Å². The number of halogens is 1. The smallest absolute Gasteiger partial charge is 0.269 e. The molecule has 0 saturated carbocycles. The fourth-order valence-corrected chi connectivity index (χ4v) is 2.33. The topological polar surface area (TPSA) is 92.6 Å². The van der Waals surface area contributed by atoms with E-state index >= 15 is 0 Å². The maximum absolute atomic E-state index is 12.0. The first-order valence-corrected chi connectivity index (χ1v) is 7.90. The van der Waals surface area contributed by atoms with Gasteiger partial charge in [0.1, 0.15) is 0 Å². The van der Waals surface area contributed by atoms with Gasteiger partial charge < -0.3 is 10.2 Å². The molecule has 0 aliphatic carbocycles. The first kappa shape index (κ1) is 19.1. The van der Waals surface area contributed by atoms with Crippen molar-refractivity contribution in [3.8, 4) is 0 Å². The minimum atomic E-state index is -0.491. The third kappa shape index (κ3) is 4.90. The zero-order chi connectivity index (χ0) is 19.3. The van der Waals surface area contributed by atoms with Gasteiger partial charge in [0.15, 0.2) is 0 Å². The van der Waals surface area contributed by atoms with E-state index in [4.69, 9.17) is 11.6 Å². The second-order valence-corrected chi connectivity index (χ2v) is 5.97. The summed E-state index contributed by atoms with van der Waals surface area (Å²) < 4.78 is 0. The van der Waals surface area contributed by atoms with Crippen molar-refractivity contribution in [1.29, 1.82) is 0 Å². The molecule has 7 nitrogen and oxygen atoms in total. The first-order valence-electron chi connectivity index (χ1n) is 7.52. The minimum absolute atomic E-state index is 0.0198. The molecular weight excluding hydrogens is 358 g/mol. The van der Waals surface area contributed by atoms with Gasteiger partial charge in [0.2, 0.25) is 5.91 Å². The van der Waals surface area contributed by atoms with Crippen molar-refractivity contribution < 1.29 is 14.5 Å². The Morgan fingerprint density at radius 2 is 1.81 bits per heavy atom. The Labute approximate surface area is 155 Å². The maximum Gasteiger partial charge on any atom is 0.269 e. The average molecular weight is 374 g/mol. The van der Waals surface area contributed by atoms with Crippen LogP contribution in [0.15, 0.2) is 48.5 Å². The van der Waals surface area contributed by atoms with E-state index in [1.165, 1.54) is 35.3 Å². The minimum Gasteiger partial charge on any atom is -0.345 e. The van der Waals surface area contributed by atoms with E-state index in [1.807, 2.05) is 0 Å². The number of hydrogen-bond donors (Lipinski definition) is 1. The summed E-state index contributed by atoms with van der Waals surface area (Å²) in [6.07, 6.45) is 2.83. The van der Waals surface area contributed by atoms with Gasteiger partial charge in [-0.15, -0.1) is 0 Å². The SMILES string of the molecule is CN(C)C(=O)c1ccc(NC(=O)/C=C/c2ccc([N+](=O)[O-])cc2)cc1Cl. The van der Waals surface area contributed by atoms with Crippen molar-refractivity contribution in [2.45, 2.75) is 0 Å². The highest BCUT2D eigenvalue weighted by atomic mass is 35.5. The fraction of sp³-hybridized carbons (Fsp3) is 0.111. The van der Waals surface area contributed by atoms with E-state index in [1.54, 1.807) is 38.4 Å². The summed E-state index contributed by atoms with van der Waals surface area (Å²) in [6.45, 7) is 0. The predicted molar refractivity (Wildman–Crippen MR) is 100 cm³/mol. The third-order valence-corrected chi connectivity index (χ3v) is 3.72. The zero-order valence-corrected chi connectivity index (χ0v) is 14.9. The highest BCUT2D eigenvalue weighted by molar-refractivity contribution is 6.34. The van der Waals surface area contributed by atoms with Gasteiger partial charge in [0.25, 0.3) is 11.6 Å². The molecule has 26 heavy (non-hydrogen) atoms. The molecule has 2 rings (SSSR count). The number of nitrogens with one attached hydrogen (secondary N) is 1. The van der Waals surface area contributed by atoms with Crippen LogP contribution >= 0.6 is 11.6 Å². The number of hydrogen-bond acceptors (Lipinski definition) is 4. The predicted octanol–water partition coefficient (Wildman–Crippen LogP) is 3.60. The molecule has 0 saturated heterocycles. The molecule has 0 radical (unpaired) electrons. The van der Waals surface area contributed by atoms with Crippen molar-refractivity contribution >= 4 is 40.9 Å². The van der Waals surface area contributed by atoms with Crippen LogP contribution in [0.2, 0.25) is 5.02 Å². The lowest BCUT2D eigenvalue weighted by Gasteiger charge is -2.12. The summed E-state index contributed by atoms with van der Waals surface area (Å²) in [5, 5.41) is 13.5. The number of nitro groups is 1. The van der Waals surface area contributed by atoms with E-state index in [0.29, 0.717) is 16.8 Å². The maximum atomic E-state index is 12.0. The summed E-state index contributed by atoms with van der Waals surface area (Å²) in [5.74, 6) is -0.628. The molecule has 0 bridgehead atoms. The van der Waals surface area contributed by atoms with Gasteiger partial charge in [0, 0.05) is 38.0 Å². The number of nitro benzene ring substituents is 1. The van der Waals surface area contributed by atoms with Crippen LogP contribution in [0.25, 0.3) is 6.08 Å². The van der Waals surface area contributed by atoms with Gasteiger partial charge in [-0.1, -0.05) is 11.6 Å². The standard InChI is InChI=1S/C18H16ClN3O4/c1-21(2)18(24)15-9-6-13(11-16(15)19)20-17(23)10-5-12-3-7-14(8-4-12)22(25)26/h3-11H,1-2H3,(H,20,23)/b10-5+. The van der Waals surface area contributed by atoms with E-state index in [-0.39, 0.29) is 16.6 Å². The van der Waals surface area contributed by atoms with E-state index < -0.39 is 10.8 Å². The molecule has 0 aromatic heterocycles. The number of nitrogens with zero attached hydrogens (tertiary/aromatic N) is 2. The Morgan fingerprint density at radius 3 is 2.35 bits per heavy atom. The second-order valence-electron chi connectivity index (χ2n) is 5.57. The Balaban J connectivity index is 2.04. The van der Waals surface area contributed by atoms with Crippen molar-refractivity contribution in [1.82, 2.24) is 4.90 Å². The summed E-state index contributed by atoms with van der Waals surface area (Å²) >= 11 is 6.09. The van der Waals surface area contributed by atoms with Crippen LogP contribution in [0.3, 0.4) is 0 Å². The van der Waals surface area contributed by atoms with Crippen molar-refractivity contribution in [3.05, 3.63) is 74.8 Å². The second kappa shape index (κ2) is 8.26. The van der Waals surface area contributed by atoms with Gasteiger partial charge in [-0.3, -0.25) is 19.7 Å². The Morgan fingerprint density at radius 1 is 1.15 bits per heavy atom. The summed E-state index contributed by atoms with van der Waals surface area (Å²) in [7, 11) is 3.24. The molecule has 0 heterocycles. The first-order chi connectivity index (χ1) is 12.3. The van der Waals surface area contributed by atoms with E-state index in [0.717, 1.165) is 0 Å². The number of non-ortho nitro benzene ring substituents is 1. The molecule has 0 fully saturated rings. The Kier molecular flexibility index (Phi) is 6.08. The molecule has 0 aliphatic rings. The van der Waals surface area contributed by atoms with Crippen LogP contribution in [-0.4, -0.2) is 35.7 Å². The zero-order valence-electron chi connectivity index (χ0n) is 14.1. The largest absolute Gasteiger partial charge is 0.345 e. The van der Waals surface area contributed by atoms with Crippen LogP contribution in [-0.2, 0) is 4.79 Å². The lowest BCUT2D eigenvalue weighted by atomic mass is 10.1. The number of carbonyl (C=O) groups excluding carboxylic acids is 2.